The highest BCUT2D eigenvalue weighted by Crippen LogP contribution is 2.39. The van der Waals surface area contributed by atoms with E-state index in [1.165, 1.54) is 10.4 Å². The average molecular weight is 621 g/mol. The van der Waals surface area contributed by atoms with Crippen LogP contribution in [0.1, 0.15) is 32.7 Å². The standard InChI is InChI=1S/C29H23Br2N3OS/c30-23-9-6-21(7-10-23)19-35-27-11-8-22(14-26(27)31)16-33-29-25(15-32)24-12-13-34(18-28(24)36-29)17-20-4-2-1-3-5-20/h1-11,14,16H,12-13,17-19H2. The van der Waals surface area contributed by atoms with Gasteiger partial charge in [-0.05, 0) is 74.9 Å². The van der Waals surface area contributed by atoms with Gasteiger partial charge in [-0.1, -0.05) is 58.4 Å². The Labute approximate surface area is 232 Å². The van der Waals surface area contributed by atoms with Crippen LogP contribution < -0.4 is 4.74 Å². The number of fused-ring (bicyclic) bond motifs is 1. The predicted octanol–water partition coefficient (Wildman–Crippen LogP) is 8.03. The van der Waals surface area contributed by atoms with Gasteiger partial charge in [-0.15, -0.1) is 11.3 Å². The zero-order valence-electron chi connectivity index (χ0n) is 19.5. The number of halogens is 2. The fourth-order valence-electron chi connectivity index (χ4n) is 4.21. The quantitative estimate of drug-likeness (QED) is 0.197. The van der Waals surface area contributed by atoms with Gasteiger partial charge in [0.1, 0.15) is 23.4 Å². The van der Waals surface area contributed by atoms with Crippen molar-refractivity contribution in [3.05, 3.63) is 114 Å². The summed E-state index contributed by atoms with van der Waals surface area (Å²) >= 11 is 8.70. The topological polar surface area (TPSA) is 48.6 Å². The Morgan fingerprint density at radius 3 is 2.58 bits per heavy atom. The molecule has 0 aliphatic carbocycles. The van der Waals surface area contributed by atoms with Crippen molar-refractivity contribution < 1.29 is 4.74 Å². The molecule has 2 heterocycles. The molecule has 4 nitrogen and oxygen atoms in total. The highest BCUT2D eigenvalue weighted by Gasteiger charge is 2.24. The summed E-state index contributed by atoms with van der Waals surface area (Å²) in [6, 6.07) is 26.9. The monoisotopic (exact) mass is 619 g/mol. The van der Waals surface area contributed by atoms with Gasteiger partial charge >= 0.3 is 0 Å². The van der Waals surface area contributed by atoms with Crippen LogP contribution >= 0.6 is 43.2 Å². The van der Waals surface area contributed by atoms with Crippen molar-refractivity contribution in [2.24, 2.45) is 4.99 Å². The van der Waals surface area contributed by atoms with Crippen molar-refractivity contribution in [3.63, 3.8) is 0 Å². The van der Waals surface area contributed by atoms with Crippen molar-refractivity contribution in [1.29, 1.82) is 5.26 Å². The third-order valence-electron chi connectivity index (χ3n) is 6.07. The van der Waals surface area contributed by atoms with E-state index in [1.807, 2.05) is 54.7 Å². The van der Waals surface area contributed by atoms with Crippen molar-refractivity contribution >= 4 is 54.4 Å². The molecule has 0 unspecified atom stereocenters. The van der Waals surface area contributed by atoms with Crippen molar-refractivity contribution in [1.82, 2.24) is 4.90 Å². The summed E-state index contributed by atoms with van der Waals surface area (Å²) in [5.74, 6) is 0.776. The summed E-state index contributed by atoms with van der Waals surface area (Å²) in [5, 5.41) is 10.6. The molecule has 4 aromatic rings. The number of hydrogen-bond donors (Lipinski definition) is 0. The second-order valence-corrected chi connectivity index (χ2v) is 11.5. The second kappa shape index (κ2) is 11.5. The van der Waals surface area contributed by atoms with Gasteiger partial charge in [-0.2, -0.15) is 5.26 Å². The van der Waals surface area contributed by atoms with E-state index in [0.717, 1.165) is 68.0 Å². The SMILES string of the molecule is N#Cc1c(N=Cc2ccc(OCc3ccc(Br)cc3)c(Br)c2)sc2c1CCN(Cc1ccccc1)C2. The minimum absolute atomic E-state index is 0.493. The highest BCUT2D eigenvalue weighted by molar-refractivity contribution is 9.10. The Bertz CT molecular complexity index is 1430. The van der Waals surface area contributed by atoms with E-state index in [2.05, 4.69) is 67.1 Å². The summed E-state index contributed by atoms with van der Waals surface area (Å²) in [7, 11) is 0. The van der Waals surface area contributed by atoms with E-state index in [4.69, 9.17) is 9.73 Å². The molecule has 0 fully saturated rings. The largest absolute Gasteiger partial charge is 0.488 e. The van der Waals surface area contributed by atoms with Gasteiger partial charge in [0.2, 0.25) is 0 Å². The molecular formula is C29H23Br2N3OS. The lowest BCUT2D eigenvalue weighted by atomic mass is 10.0. The molecule has 0 bridgehead atoms. The van der Waals surface area contributed by atoms with Crippen LogP contribution in [0.15, 0.2) is 86.7 Å². The van der Waals surface area contributed by atoms with Crippen LogP contribution in [-0.4, -0.2) is 17.7 Å². The fraction of sp³-hybridized carbons (Fsp3) is 0.172. The van der Waals surface area contributed by atoms with Gasteiger partial charge in [-0.3, -0.25) is 4.90 Å². The predicted molar refractivity (Wildman–Crippen MR) is 153 cm³/mol. The molecule has 0 N–H and O–H groups in total. The van der Waals surface area contributed by atoms with Gasteiger partial charge in [-0.25, -0.2) is 4.99 Å². The lowest BCUT2D eigenvalue weighted by Crippen LogP contribution is -2.29. The van der Waals surface area contributed by atoms with Crippen LogP contribution in [0, 0.1) is 11.3 Å². The fourth-order valence-corrected chi connectivity index (χ4v) is 6.17. The minimum Gasteiger partial charge on any atom is -0.488 e. The number of aliphatic imine (C=N–C) groups is 1. The Balaban J connectivity index is 1.27. The molecule has 0 atom stereocenters. The van der Waals surface area contributed by atoms with Crippen molar-refractivity contribution in [2.75, 3.05) is 6.54 Å². The summed E-state index contributed by atoms with van der Waals surface area (Å²) in [5.41, 5.74) is 5.24. The van der Waals surface area contributed by atoms with Crippen LogP contribution in [-0.2, 0) is 26.1 Å². The van der Waals surface area contributed by atoms with Crippen LogP contribution in [0.2, 0.25) is 0 Å². The Morgan fingerprint density at radius 1 is 1.03 bits per heavy atom. The average Bonchev–Trinajstić information content (AvgIpc) is 3.25. The first-order chi connectivity index (χ1) is 17.6. The smallest absolute Gasteiger partial charge is 0.134 e. The number of nitrogens with zero attached hydrogens (tertiary/aromatic N) is 3. The van der Waals surface area contributed by atoms with Gasteiger partial charge in [0.25, 0.3) is 0 Å². The van der Waals surface area contributed by atoms with E-state index in [-0.39, 0.29) is 0 Å². The van der Waals surface area contributed by atoms with Gasteiger partial charge in [0.15, 0.2) is 0 Å². The maximum Gasteiger partial charge on any atom is 0.134 e. The molecule has 0 saturated heterocycles. The molecule has 0 radical (unpaired) electrons. The Kier molecular flexibility index (Phi) is 7.98. The molecule has 3 aromatic carbocycles. The molecule has 180 valence electrons. The number of nitriles is 1. The zero-order chi connectivity index (χ0) is 24.9. The summed E-state index contributed by atoms with van der Waals surface area (Å²) < 4.78 is 7.89. The maximum atomic E-state index is 9.85. The second-order valence-electron chi connectivity index (χ2n) is 8.61. The molecule has 0 saturated carbocycles. The summed E-state index contributed by atoms with van der Waals surface area (Å²) in [6.07, 6.45) is 2.70. The van der Waals surface area contributed by atoms with E-state index in [9.17, 15) is 5.26 Å². The normalized spacial score (nSPS) is 13.5. The zero-order valence-corrected chi connectivity index (χ0v) is 23.4. The molecule has 1 aliphatic heterocycles. The first-order valence-electron chi connectivity index (χ1n) is 11.6. The van der Waals surface area contributed by atoms with Crippen LogP contribution in [0.3, 0.4) is 0 Å². The number of thiophene rings is 1. The first kappa shape index (κ1) is 24.9. The molecule has 7 heteroatoms. The third-order valence-corrected chi connectivity index (χ3v) is 8.35. The van der Waals surface area contributed by atoms with Crippen molar-refractivity contribution in [2.45, 2.75) is 26.1 Å². The van der Waals surface area contributed by atoms with Gasteiger partial charge < -0.3 is 4.74 Å². The third kappa shape index (κ3) is 5.96. The molecular weight excluding hydrogens is 598 g/mol. The lowest BCUT2D eigenvalue weighted by Gasteiger charge is -2.26. The van der Waals surface area contributed by atoms with E-state index < -0.39 is 0 Å². The van der Waals surface area contributed by atoms with Crippen LogP contribution in [0.25, 0.3) is 0 Å². The molecule has 0 amide bonds. The molecule has 1 aliphatic rings. The summed E-state index contributed by atoms with van der Waals surface area (Å²) in [4.78, 5) is 8.41. The first-order valence-corrected chi connectivity index (χ1v) is 14.0. The molecule has 0 spiro atoms. The lowest BCUT2D eigenvalue weighted by molar-refractivity contribution is 0.249. The molecule has 36 heavy (non-hydrogen) atoms. The Hall–Kier alpha value is -2.76. The van der Waals surface area contributed by atoms with E-state index in [1.54, 1.807) is 11.3 Å². The summed E-state index contributed by atoms with van der Waals surface area (Å²) in [6.45, 7) is 3.22. The number of rotatable bonds is 7. The van der Waals surface area contributed by atoms with Crippen LogP contribution in [0.4, 0.5) is 5.00 Å². The minimum atomic E-state index is 0.493. The van der Waals surface area contributed by atoms with E-state index >= 15 is 0 Å². The van der Waals surface area contributed by atoms with Gasteiger partial charge in [0.05, 0.1) is 10.0 Å². The number of ether oxygens (including phenoxy) is 1. The van der Waals surface area contributed by atoms with Gasteiger partial charge in [0, 0.05) is 35.2 Å². The Morgan fingerprint density at radius 2 is 1.83 bits per heavy atom. The molecule has 1 aromatic heterocycles. The number of benzene rings is 3. The maximum absolute atomic E-state index is 9.85. The molecule has 5 rings (SSSR count). The van der Waals surface area contributed by atoms with Crippen molar-refractivity contribution in [3.8, 4) is 11.8 Å². The number of hydrogen-bond acceptors (Lipinski definition) is 5. The highest BCUT2D eigenvalue weighted by atomic mass is 79.9. The van der Waals surface area contributed by atoms with Crippen LogP contribution in [0.5, 0.6) is 5.75 Å². The van der Waals surface area contributed by atoms with E-state index in [0.29, 0.717) is 6.61 Å².